The van der Waals surface area contributed by atoms with Crippen LogP contribution in [0.4, 0.5) is 0 Å². The van der Waals surface area contributed by atoms with Crippen LogP contribution in [0, 0.1) is 0 Å². The number of aliphatic hydroxyl groups excluding tert-OH is 2. The molecule has 0 rings (SSSR count). The molecule has 0 aliphatic heterocycles. The zero-order valence-electron chi connectivity index (χ0n) is 8.63. The average molecular weight is 196 g/mol. The molecule has 0 aliphatic rings. The van der Waals surface area contributed by atoms with Gasteiger partial charge in [-0.3, -0.25) is 9.59 Å². The van der Waals surface area contributed by atoms with E-state index in [-0.39, 0.29) is 30.3 Å². The molecule has 4 N–H and O–H groups in total. The topological polar surface area (TPSA) is 106 Å². The van der Waals surface area contributed by atoms with Gasteiger partial charge in [-0.15, -0.1) is 0 Å². The van der Waals surface area contributed by atoms with Crippen molar-refractivity contribution in [2.24, 2.45) is 0 Å². The van der Waals surface area contributed by atoms with Crippen LogP contribution in [-0.4, -0.2) is 40.5 Å². The van der Waals surface area contributed by atoms with Gasteiger partial charge in [-0.2, -0.15) is 0 Å². The van der Waals surface area contributed by atoms with Crippen LogP contribution < -0.4 is 0 Å². The Morgan fingerprint density at radius 3 is 1.00 bits per heavy atom. The highest BCUT2D eigenvalue weighted by Gasteiger charge is 1.94. The summed E-state index contributed by atoms with van der Waals surface area (Å²) in [4.78, 5) is 19.6. The summed E-state index contributed by atoms with van der Waals surface area (Å²) in [6.45, 7) is 6.37. The van der Waals surface area contributed by atoms with Crippen LogP contribution >= 0.6 is 0 Å². The smallest absolute Gasteiger partial charge is 0.195 e. The van der Waals surface area contributed by atoms with Gasteiger partial charge in [0, 0.05) is 27.1 Å². The van der Waals surface area contributed by atoms with Crippen molar-refractivity contribution >= 4 is 11.6 Å². The lowest BCUT2D eigenvalue weighted by molar-refractivity contribution is -0.134. The molecule has 82 valence electrons. The van der Waals surface area contributed by atoms with Crippen molar-refractivity contribution in [1.29, 1.82) is 0 Å². The van der Waals surface area contributed by atoms with E-state index in [1.54, 1.807) is 13.8 Å². The summed E-state index contributed by atoms with van der Waals surface area (Å²) in [5, 5.41) is 15.1. The Morgan fingerprint density at radius 1 is 0.923 bits per heavy atom. The predicted molar refractivity (Wildman–Crippen MR) is 50.5 cm³/mol. The monoisotopic (exact) mass is 196 g/mol. The first-order valence-electron chi connectivity index (χ1n) is 3.70. The van der Waals surface area contributed by atoms with Crippen LogP contribution in [0.15, 0.2) is 0 Å². The first-order chi connectivity index (χ1) is 5.47. The van der Waals surface area contributed by atoms with E-state index in [0.29, 0.717) is 0 Å². The zero-order valence-corrected chi connectivity index (χ0v) is 8.63. The Balaban J connectivity index is -0.0000000501. The second-order valence-electron chi connectivity index (χ2n) is 1.74. The fraction of sp³-hybridized carbons (Fsp3) is 0.750. The van der Waals surface area contributed by atoms with E-state index in [9.17, 15) is 9.59 Å². The van der Waals surface area contributed by atoms with Crippen LogP contribution in [0.5, 0.6) is 0 Å². The number of carbonyl (C=O) groups is 2. The van der Waals surface area contributed by atoms with Crippen molar-refractivity contribution in [1.82, 2.24) is 0 Å². The summed E-state index contributed by atoms with van der Waals surface area (Å²) >= 11 is 0. The first-order valence-corrected chi connectivity index (χ1v) is 3.70. The predicted octanol–water partition coefficient (Wildman–Crippen LogP) is -0.663. The average Bonchev–Trinajstić information content (AvgIpc) is 1.90. The number of ketones is 2. The van der Waals surface area contributed by atoms with Crippen LogP contribution in [0.1, 0.15) is 27.7 Å². The normalized spacial score (nSPS) is 6.31. The molecule has 5 nitrogen and oxygen atoms in total. The van der Waals surface area contributed by atoms with Crippen molar-refractivity contribution in [2.75, 3.05) is 13.2 Å². The lowest BCUT2D eigenvalue weighted by atomic mass is 10.3. The van der Waals surface area contributed by atoms with Gasteiger partial charge in [0.15, 0.2) is 11.6 Å². The number of Topliss-reactive ketones (excluding diaryl/α,β-unsaturated/α-hetero) is 2. The quantitative estimate of drug-likeness (QED) is 0.543. The Kier molecular flexibility index (Phi) is 39.4. The zero-order chi connectivity index (χ0) is 10.6. The Hall–Kier alpha value is -0.780. The molecule has 0 bridgehead atoms. The SMILES string of the molecule is CC(=O)C(C)=O.CCO.CCO.O. The molecule has 0 unspecified atom stereocenters. The van der Waals surface area contributed by atoms with Crippen molar-refractivity contribution in [3.63, 3.8) is 0 Å². The molecule has 0 spiro atoms. The van der Waals surface area contributed by atoms with Crippen molar-refractivity contribution in [3.8, 4) is 0 Å². The first kappa shape index (κ1) is 22.8. The lowest BCUT2D eigenvalue weighted by Gasteiger charge is -1.73. The standard InChI is InChI=1S/C4H6O2.2C2H6O.H2O/c1-3(5)4(2)6;2*1-2-3;/h1-2H3;2*3H,2H2,1H3;1H2. The van der Waals surface area contributed by atoms with E-state index < -0.39 is 0 Å². The highest BCUT2D eigenvalue weighted by molar-refractivity contribution is 6.35. The summed E-state index contributed by atoms with van der Waals surface area (Å²) in [5.41, 5.74) is 0. The summed E-state index contributed by atoms with van der Waals surface area (Å²) in [5.74, 6) is -0.759. The molecule has 0 aromatic carbocycles. The number of carbonyl (C=O) groups excluding carboxylic acids is 2. The van der Waals surface area contributed by atoms with Gasteiger partial charge in [-0.25, -0.2) is 0 Å². The van der Waals surface area contributed by atoms with Crippen molar-refractivity contribution in [2.45, 2.75) is 27.7 Å². The van der Waals surface area contributed by atoms with E-state index in [2.05, 4.69) is 0 Å². The van der Waals surface area contributed by atoms with Gasteiger partial charge in [0.2, 0.25) is 0 Å². The number of hydrogen-bond donors (Lipinski definition) is 2. The Bertz CT molecular complexity index is 97.1. The molecule has 0 aliphatic carbocycles. The molecule has 5 heteroatoms. The van der Waals surface area contributed by atoms with Gasteiger partial charge in [-0.05, 0) is 13.8 Å². The number of rotatable bonds is 1. The summed E-state index contributed by atoms with van der Waals surface area (Å²) < 4.78 is 0. The minimum Gasteiger partial charge on any atom is -0.412 e. The van der Waals surface area contributed by atoms with Gasteiger partial charge in [0.25, 0.3) is 0 Å². The third-order valence-corrected chi connectivity index (χ3v) is 0.496. The molecular weight excluding hydrogens is 176 g/mol. The van der Waals surface area contributed by atoms with Crippen molar-refractivity contribution in [3.05, 3.63) is 0 Å². The van der Waals surface area contributed by atoms with Crippen molar-refractivity contribution < 1.29 is 25.3 Å². The lowest BCUT2D eigenvalue weighted by Crippen LogP contribution is -2.01. The molecule has 0 atom stereocenters. The third-order valence-electron chi connectivity index (χ3n) is 0.496. The van der Waals surface area contributed by atoms with Crippen LogP contribution in [-0.2, 0) is 9.59 Å². The fourth-order valence-electron chi connectivity index (χ4n) is 0. The van der Waals surface area contributed by atoms with Gasteiger partial charge < -0.3 is 15.7 Å². The molecule has 13 heavy (non-hydrogen) atoms. The largest absolute Gasteiger partial charge is 0.412 e. The van der Waals surface area contributed by atoms with E-state index >= 15 is 0 Å². The molecular formula is C8H20O5. The highest BCUT2D eigenvalue weighted by atomic mass is 16.3. The van der Waals surface area contributed by atoms with E-state index in [4.69, 9.17) is 10.2 Å². The molecule has 0 saturated heterocycles. The Morgan fingerprint density at radius 2 is 1.00 bits per heavy atom. The van der Waals surface area contributed by atoms with Crippen LogP contribution in [0.3, 0.4) is 0 Å². The maximum Gasteiger partial charge on any atom is 0.195 e. The van der Waals surface area contributed by atoms with Gasteiger partial charge in [0.05, 0.1) is 0 Å². The maximum absolute atomic E-state index is 9.79. The van der Waals surface area contributed by atoms with Gasteiger partial charge in [-0.1, -0.05) is 0 Å². The molecule has 0 radical (unpaired) electrons. The fourth-order valence-corrected chi connectivity index (χ4v) is 0. The Labute approximate surface area is 78.7 Å². The molecule has 0 aromatic heterocycles. The highest BCUT2D eigenvalue weighted by Crippen LogP contribution is 1.66. The van der Waals surface area contributed by atoms with Crippen LogP contribution in [0.25, 0.3) is 0 Å². The maximum atomic E-state index is 9.79. The van der Waals surface area contributed by atoms with E-state index in [1.807, 2.05) is 0 Å². The number of hydrogen-bond acceptors (Lipinski definition) is 4. The minimum absolute atomic E-state index is 0. The molecule has 0 amide bonds. The number of aliphatic hydroxyl groups is 2. The summed E-state index contributed by atoms with van der Waals surface area (Å²) in [7, 11) is 0. The third kappa shape index (κ3) is 92.0. The molecule has 0 saturated carbocycles. The molecule has 0 fully saturated rings. The van der Waals surface area contributed by atoms with Gasteiger partial charge >= 0.3 is 0 Å². The van der Waals surface area contributed by atoms with Crippen LogP contribution in [0.2, 0.25) is 0 Å². The van der Waals surface area contributed by atoms with Gasteiger partial charge in [0.1, 0.15) is 0 Å². The molecule has 0 heterocycles. The van der Waals surface area contributed by atoms with E-state index in [0.717, 1.165) is 0 Å². The summed E-state index contributed by atoms with van der Waals surface area (Å²) in [6.07, 6.45) is 0. The second-order valence-corrected chi connectivity index (χ2v) is 1.74. The second kappa shape index (κ2) is 22.5. The summed E-state index contributed by atoms with van der Waals surface area (Å²) in [6, 6.07) is 0. The molecule has 0 aromatic rings. The van der Waals surface area contributed by atoms with E-state index in [1.165, 1.54) is 13.8 Å². The minimum atomic E-state index is -0.380.